The summed E-state index contributed by atoms with van der Waals surface area (Å²) in [7, 11) is 3.24. The fourth-order valence-electron chi connectivity index (χ4n) is 5.02. The maximum absolute atomic E-state index is 11.1. The maximum Gasteiger partial charge on any atom is 0.286 e. The van der Waals surface area contributed by atoms with Crippen LogP contribution in [0.1, 0.15) is 29.3 Å². The normalized spacial score (nSPS) is 19.1. The second-order valence-corrected chi connectivity index (χ2v) is 9.32. The molecule has 9 heteroatoms. The maximum atomic E-state index is 11.1. The number of nitrogens with zero attached hydrogens (tertiary/aromatic N) is 2. The van der Waals surface area contributed by atoms with E-state index in [1.807, 2.05) is 78.9 Å². The first-order valence-electron chi connectivity index (χ1n) is 12.6. The fraction of sp³-hybridized carbons (Fsp3) is 0.267. The minimum absolute atomic E-state index is 0.0325. The topological polar surface area (TPSA) is 105 Å². The van der Waals surface area contributed by atoms with Gasteiger partial charge in [-0.1, -0.05) is 54.6 Å². The number of aliphatic hydroxyl groups excluding tert-OH is 1. The molecule has 1 N–H and O–H groups in total. The molecule has 4 aromatic rings. The Kier molecular flexibility index (Phi) is 7.65. The summed E-state index contributed by atoms with van der Waals surface area (Å²) in [5, 5.41) is 22.0. The number of ether oxygens (including phenoxy) is 4. The lowest BCUT2D eigenvalue weighted by molar-refractivity contribution is -0.384. The Balaban J connectivity index is 1.51. The first-order valence-corrected chi connectivity index (χ1v) is 12.6. The van der Waals surface area contributed by atoms with E-state index in [-0.39, 0.29) is 18.7 Å². The molecule has 0 spiro atoms. The largest absolute Gasteiger partial charge is 0.497 e. The second kappa shape index (κ2) is 11.3. The van der Waals surface area contributed by atoms with Gasteiger partial charge in [-0.3, -0.25) is 10.1 Å². The zero-order valence-electron chi connectivity index (χ0n) is 21.7. The van der Waals surface area contributed by atoms with E-state index in [0.29, 0.717) is 11.5 Å². The van der Waals surface area contributed by atoms with Crippen LogP contribution in [0.15, 0.2) is 97.3 Å². The standard InChI is InChI=1S/C30H30N2O7/c1-36-25-12-8-22(9-13-25)30(21-6-4-3-5-7-21,23-10-14-26(37-2)15-11-23)38-20-28-27(33)18-29(39-28)31-17-16-24(19-31)32(34)35/h3-17,19,27-29,33H,18,20H2,1-2H3/t27-,28+,29+/m0/s1. The van der Waals surface area contributed by atoms with Gasteiger partial charge in [0.1, 0.15) is 29.4 Å². The van der Waals surface area contributed by atoms with Crippen molar-refractivity contribution in [3.05, 3.63) is 124 Å². The quantitative estimate of drug-likeness (QED) is 0.173. The van der Waals surface area contributed by atoms with Crippen LogP contribution < -0.4 is 9.47 Å². The van der Waals surface area contributed by atoms with Crippen LogP contribution in [0.25, 0.3) is 0 Å². The minimum Gasteiger partial charge on any atom is -0.497 e. The number of hydrogen-bond donors (Lipinski definition) is 1. The summed E-state index contributed by atoms with van der Waals surface area (Å²) in [4.78, 5) is 10.7. The molecule has 5 rings (SSSR count). The van der Waals surface area contributed by atoms with Crippen molar-refractivity contribution < 1.29 is 29.0 Å². The molecule has 0 aliphatic carbocycles. The van der Waals surface area contributed by atoms with E-state index >= 15 is 0 Å². The van der Waals surface area contributed by atoms with Crippen molar-refractivity contribution in [3.8, 4) is 11.5 Å². The zero-order chi connectivity index (χ0) is 27.4. The monoisotopic (exact) mass is 530 g/mol. The lowest BCUT2D eigenvalue weighted by Crippen LogP contribution is -2.38. The first-order chi connectivity index (χ1) is 18.9. The number of rotatable bonds is 10. The van der Waals surface area contributed by atoms with Crippen molar-refractivity contribution in [1.82, 2.24) is 4.57 Å². The van der Waals surface area contributed by atoms with E-state index in [1.165, 1.54) is 12.3 Å². The molecular formula is C30H30N2O7. The number of aliphatic hydroxyl groups is 1. The van der Waals surface area contributed by atoms with E-state index < -0.39 is 29.0 Å². The molecule has 3 atom stereocenters. The summed E-state index contributed by atoms with van der Waals surface area (Å²) >= 11 is 0. The van der Waals surface area contributed by atoms with Crippen LogP contribution in [-0.4, -0.2) is 47.6 Å². The van der Waals surface area contributed by atoms with Gasteiger partial charge in [-0.2, -0.15) is 0 Å². The van der Waals surface area contributed by atoms with Gasteiger partial charge in [0, 0.05) is 18.7 Å². The number of methoxy groups -OCH3 is 2. The smallest absolute Gasteiger partial charge is 0.286 e. The molecule has 1 fully saturated rings. The molecule has 0 bridgehead atoms. The van der Waals surface area contributed by atoms with Crippen LogP contribution in [0.3, 0.4) is 0 Å². The molecule has 0 unspecified atom stereocenters. The van der Waals surface area contributed by atoms with E-state index in [2.05, 4.69) is 0 Å². The Hall–Kier alpha value is -4.18. The molecule has 0 amide bonds. The van der Waals surface area contributed by atoms with E-state index in [9.17, 15) is 15.2 Å². The number of hydrogen-bond acceptors (Lipinski definition) is 7. The fourth-order valence-corrected chi connectivity index (χ4v) is 5.02. The Morgan fingerprint density at radius 1 is 0.923 bits per heavy atom. The Morgan fingerprint density at radius 2 is 1.49 bits per heavy atom. The first kappa shape index (κ1) is 26.4. The van der Waals surface area contributed by atoms with Crippen molar-refractivity contribution in [1.29, 1.82) is 0 Å². The van der Waals surface area contributed by atoms with E-state index in [1.54, 1.807) is 25.0 Å². The molecule has 1 aliphatic heterocycles. The van der Waals surface area contributed by atoms with Gasteiger partial charge in [0.25, 0.3) is 5.69 Å². The Morgan fingerprint density at radius 3 is 2.00 bits per heavy atom. The van der Waals surface area contributed by atoms with Gasteiger partial charge >= 0.3 is 0 Å². The molecule has 3 aromatic carbocycles. The van der Waals surface area contributed by atoms with Crippen LogP contribution in [0.4, 0.5) is 5.69 Å². The molecule has 1 aromatic heterocycles. The van der Waals surface area contributed by atoms with Crippen molar-refractivity contribution >= 4 is 5.69 Å². The number of aromatic nitrogens is 1. The number of nitro groups is 1. The number of benzene rings is 3. The highest BCUT2D eigenvalue weighted by Gasteiger charge is 2.42. The van der Waals surface area contributed by atoms with Crippen LogP contribution in [-0.2, 0) is 15.1 Å². The summed E-state index contributed by atoms with van der Waals surface area (Å²) in [6.07, 6.45) is 1.25. The molecule has 9 nitrogen and oxygen atoms in total. The van der Waals surface area contributed by atoms with Gasteiger partial charge in [0.15, 0.2) is 0 Å². The van der Waals surface area contributed by atoms with Crippen LogP contribution in [0, 0.1) is 10.1 Å². The highest BCUT2D eigenvalue weighted by atomic mass is 16.6. The van der Waals surface area contributed by atoms with Gasteiger partial charge in [-0.05, 0) is 41.0 Å². The van der Waals surface area contributed by atoms with Gasteiger partial charge in [-0.15, -0.1) is 0 Å². The Bertz CT molecular complexity index is 1340. The van der Waals surface area contributed by atoms with Gasteiger partial charge in [0.05, 0.1) is 38.1 Å². The molecule has 202 valence electrons. The summed E-state index contributed by atoms with van der Waals surface area (Å²) < 4.78 is 25.4. The predicted octanol–water partition coefficient (Wildman–Crippen LogP) is 5.07. The van der Waals surface area contributed by atoms with E-state index in [4.69, 9.17) is 18.9 Å². The molecule has 1 aliphatic rings. The van der Waals surface area contributed by atoms with Crippen LogP contribution >= 0.6 is 0 Å². The third-order valence-electron chi connectivity index (χ3n) is 7.08. The van der Waals surface area contributed by atoms with Crippen molar-refractivity contribution in [2.24, 2.45) is 0 Å². The predicted molar refractivity (Wildman–Crippen MR) is 144 cm³/mol. The Labute approximate surface area is 226 Å². The molecule has 39 heavy (non-hydrogen) atoms. The van der Waals surface area contributed by atoms with Gasteiger partial charge in [0.2, 0.25) is 0 Å². The average Bonchev–Trinajstić information content (AvgIpc) is 3.62. The highest BCUT2D eigenvalue weighted by molar-refractivity contribution is 5.49. The SMILES string of the molecule is COc1ccc(C(OC[C@H]2O[C@@H](n3ccc([N+](=O)[O-])c3)C[C@@H]2O)(c2ccccc2)c2ccc(OC)cc2)cc1. The summed E-state index contributed by atoms with van der Waals surface area (Å²) in [5.41, 5.74) is 1.54. The summed E-state index contributed by atoms with van der Waals surface area (Å²) in [5.74, 6) is 1.43. The second-order valence-electron chi connectivity index (χ2n) is 9.32. The molecule has 0 saturated carbocycles. The third-order valence-corrected chi connectivity index (χ3v) is 7.08. The lowest BCUT2D eigenvalue weighted by Gasteiger charge is -2.37. The summed E-state index contributed by atoms with van der Waals surface area (Å²) in [6, 6.07) is 26.7. The van der Waals surface area contributed by atoms with Gasteiger partial charge < -0.3 is 28.6 Å². The third kappa shape index (κ3) is 5.24. The summed E-state index contributed by atoms with van der Waals surface area (Å²) in [6.45, 7) is 0.0635. The molecule has 2 heterocycles. The van der Waals surface area contributed by atoms with Crippen LogP contribution in [0.5, 0.6) is 11.5 Å². The molecular weight excluding hydrogens is 500 g/mol. The zero-order valence-corrected chi connectivity index (χ0v) is 21.7. The van der Waals surface area contributed by atoms with Crippen LogP contribution in [0.2, 0.25) is 0 Å². The average molecular weight is 531 g/mol. The van der Waals surface area contributed by atoms with Crippen molar-refractivity contribution in [3.63, 3.8) is 0 Å². The minimum atomic E-state index is -1.05. The van der Waals surface area contributed by atoms with Crippen molar-refractivity contribution in [2.45, 2.75) is 30.5 Å². The molecule has 0 radical (unpaired) electrons. The van der Waals surface area contributed by atoms with Crippen molar-refractivity contribution in [2.75, 3.05) is 20.8 Å². The lowest BCUT2D eigenvalue weighted by atomic mass is 9.80. The highest BCUT2D eigenvalue weighted by Crippen LogP contribution is 2.42. The van der Waals surface area contributed by atoms with Gasteiger partial charge in [-0.25, -0.2) is 0 Å². The van der Waals surface area contributed by atoms with E-state index in [0.717, 1.165) is 16.7 Å². The molecule has 1 saturated heterocycles.